The smallest absolute Gasteiger partial charge is 0.174 e. The van der Waals surface area contributed by atoms with E-state index in [9.17, 15) is 0 Å². The molecule has 3 rings (SSSR count). The van der Waals surface area contributed by atoms with E-state index in [0.29, 0.717) is 0 Å². The summed E-state index contributed by atoms with van der Waals surface area (Å²) in [5.41, 5.74) is 3.15. The first-order valence-corrected chi connectivity index (χ1v) is 6.15. The van der Waals surface area contributed by atoms with Gasteiger partial charge in [0.2, 0.25) is 0 Å². The lowest BCUT2D eigenvalue weighted by atomic mass is 10.1. The molecule has 0 saturated heterocycles. The van der Waals surface area contributed by atoms with Crippen LogP contribution in [-0.2, 0) is 0 Å². The van der Waals surface area contributed by atoms with E-state index >= 15 is 0 Å². The molecule has 2 nitrogen and oxygen atoms in total. The Morgan fingerprint density at radius 1 is 1.12 bits per heavy atom. The lowest BCUT2D eigenvalue weighted by Crippen LogP contribution is -1.77. The summed E-state index contributed by atoms with van der Waals surface area (Å²) in [6.07, 6.45) is 0. The maximum atomic E-state index is 5.44. The van der Waals surface area contributed by atoms with Gasteiger partial charge in [-0.3, -0.25) is 0 Å². The first kappa shape index (κ1) is 10.5. The van der Waals surface area contributed by atoms with E-state index < -0.39 is 0 Å². The van der Waals surface area contributed by atoms with Crippen molar-refractivity contribution in [1.82, 2.24) is 5.16 Å². The Morgan fingerprint density at radius 3 is 2.82 bits per heavy atom. The van der Waals surface area contributed by atoms with E-state index in [1.165, 1.54) is 5.56 Å². The fourth-order valence-electron chi connectivity index (χ4n) is 1.91. The largest absolute Gasteiger partial charge is 0.355 e. The maximum absolute atomic E-state index is 5.44. The Labute approximate surface area is 107 Å². The minimum Gasteiger partial charge on any atom is -0.355 e. The van der Waals surface area contributed by atoms with Gasteiger partial charge in [0, 0.05) is 10.0 Å². The second-order valence-corrected chi connectivity index (χ2v) is 4.96. The van der Waals surface area contributed by atoms with Crippen molar-refractivity contribution in [2.75, 3.05) is 0 Å². The van der Waals surface area contributed by atoms with Gasteiger partial charge in [0.05, 0.1) is 5.39 Å². The Kier molecular flexibility index (Phi) is 2.48. The molecule has 3 aromatic rings. The maximum Gasteiger partial charge on any atom is 0.174 e. The summed E-state index contributed by atoms with van der Waals surface area (Å²) in [4.78, 5) is 0. The molecule has 17 heavy (non-hydrogen) atoms. The summed E-state index contributed by atoms with van der Waals surface area (Å²) >= 11 is 3.47. The summed E-state index contributed by atoms with van der Waals surface area (Å²) in [5, 5.41) is 5.10. The molecule has 0 bridgehead atoms. The van der Waals surface area contributed by atoms with Gasteiger partial charge in [-0.1, -0.05) is 44.8 Å². The molecule has 0 aliphatic heterocycles. The molecule has 0 atom stereocenters. The van der Waals surface area contributed by atoms with Crippen molar-refractivity contribution in [2.45, 2.75) is 6.92 Å². The summed E-state index contributed by atoms with van der Waals surface area (Å²) in [6, 6.07) is 14.2. The second kappa shape index (κ2) is 4.00. The topological polar surface area (TPSA) is 26.0 Å². The van der Waals surface area contributed by atoms with Crippen molar-refractivity contribution in [2.24, 2.45) is 0 Å². The molecule has 0 amide bonds. The normalized spacial score (nSPS) is 10.9. The second-order valence-electron chi connectivity index (χ2n) is 4.04. The minimum atomic E-state index is 0.824. The Morgan fingerprint density at radius 2 is 2.00 bits per heavy atom. The van der Waals surface area contributed by atoms with Gasteiger partial charge < -0.3 is 4.52 Å². The molecular weight excluding hydrogens is 278 g/mol. The molecule has 0 radical (unpaired) electrons. The standard InChI is InChI=1S/C14H10BrNO/c1-9-3-2-4-10(7-9)14-12-8-11(15)5-6-13(12)16-17-14/h2-8H,1H3. The van der Waals surface area contributed by atoms with Crippen LogP contribution in [0.2, 0.25) is 0 Å². The number of halogens is 1. The van der Waals surface area contributed by atoms with Crippen LogP contribution in [0.5, 0.6) is 0 Å². The van der Waals surface area contributed by atoms with E-state index in [4.69, 9.17) is 4.52 Å². The first-order chi connectivity index (χ1) is 8.24. The Bertz CT molecular complexity index is 688. The highest BCUT2D eigenvalue weighted by Crippen LogP contribution is 2.30. The molecule has 1 aromatic heterocycles. The number of hydrogen-bond donors (Lipinski definition) is 0. The van der Waals surface area contributed by atoms with E-state index in [1.807, 2.05) is 30.3 Å². The monoisotopic (exact) mass is 287 g/mol. The minimum absolute atomic E-state index is 0.824. The zero-order valence-corrected chi connectivity index (χ0v) is 10.9. The van der Waals surface area contributed by atoms with Crippen LogP contribution in [0, 0.1) is 6.92 Å². The van der Waals surface area contributed by atoms with Crippen molar-refractivity contribution in [3.05, 3.63) is 52.5 Å². The Balaban J connectivity index is 2.27. The Hall–Kier alpha value is -1.61. The van der Waals surface area contributed by atoms with Crippen molar-refractivity contribution in [3.8, 4) is 11.3 Å². The summed E-state index contributed by atoms with van der Waals surface area (Å²) in [5.74, 6) is 0.824. The molecule has 0 unspecified atom stereocenters. The van der Waals surface area contributed by atoms with Gasteiger partial charge in [-0.25, -0.2) is 0 Å². The van der Waals surface area contributed by atoms with Crippen LogP contribution in [0.25, 0.3) is 22.2 Å². The molecule has 0 spiro atoms. The fourth-order valence-corrected chi connectivity index (χ4v) is 2.27. The van der Waals surface area contributed by atoms with Gasteiger partial charge >= 0.3 is 0 Å². The quantitative estimate of drug-likeness (QED) is 0.655. The van der Waals surface area contributed by atoms with Crippen LogP contribution >= 0.6 is 15.9 Å². The van der Waals surface area contributed by atoms with Crippen molar-refractivity contribution in [1.29, 1.82) is 0 Å². The van der Waals surface area contributed by atoms with Crippen LogP contribution in [-0.4, -0.2) is 5.16 Å². The number of aryl methyl sites for hydroxylation is 1. The highest BCUT2D eigenvalue weighted by molar-refractivity contribution is 9.10. The van der Waals surface area contributed by atoms with Gasteiger partial charge in [0.1, 0.15) is 5.52 Å². The molecule has 0 saturated carbocycles. The molecular formula is C14H10BrNO. The number of rotatable bonds is 1. The third-order valence-electron chi connectivity index (χ3n) is 2.72. The average Bonchev–Trinajstić information content (AvgIpc) is 2.71. The number of aromatic nitrogens is 1. The van der Waals surface area contributed by atoms with E-state index in [0.717, 1.165) is 26.7 Å². The van der Waals surface area contributed by atoms with Crippen LogP contribution in [0.3, 0.4) is 0 Å². The third-order valence-corrected chi connectivity index (χ3v) is 3.21. The van der Waals surface area contributed by atoms with Crippen LogP contribution < -0.4 is 0 Å². The van der Waals surface area contributed by atoms with Gasteiger partial charge in [0.15, 0.2) is 5.76 Å². The van der Waals surface area contributed by atoms with E-state index in [1.54, 1.807) is 0 Å². The molecule has 0 fully saturated rings. The molecule has 84 valence electrons. The zero-order chi connectivity index (χ0) is 11.8. The number of nitrogens with zero attached hydrogens (tertiary/aromatic N) is 1. The van der Waals surface area contributed by atoms with Crippen molar-refractivity contribution < 1.29 is 4.52 Å². The molecule has 0 aliphatic carbocycles. The number of benzene rings is 2. The van der Waals surface area contributed by atoms with E-state index in [-0.39, 0.29) is 0 Å². The highest BCUT2D eigenvalue weighted by Gasteiger charge is 2.10. The third kappa shape index (κ3) is 1.87. The van der Waals surface area contributed by atoms with Crippen LogP contribution in [0.1, 0.15) is 5.56 Å². The van der Waals surface area contributed by atoms with Crippen molar-refractivity contribution >= 4 is 26.8 Å². The van der Waals surface area contributed by atoms with Gasteiger partial charge in [-0.15, -0.1) is 0 Å². The summed E-state index contributed by atoms with van der Waals surface area (Å²) in [7, 11) is 0. The lowest BCUT2D eigenvalue weighted by Gasteiger charge is -1.98. The first-order valence-electron chi connectivity index (χ1n) is 5.36. The summed E-state index contributed by atoms with van der Waals surface area (Å²) in [6.45, 7) is 2.07. The van der Waals surface area contributed by atoms with Crippen molar-refractivity contribution in [3.63, 3.8) is 0 Å². The SMILES string of the molecule is Cc1cccc(-c2onc3ccc(Br)cc23)c1. The van der Waals surface area contributed by atoms with E-state index in [2.05, 4.69) is 40.1 Å². The average molecular weight is 288 g/mol. The van der Waals surface area contributed by atoms with Gasteiger partial charge in [-0.2, -0.15) is 0 Å². The highest BCUT2D eigenvalue weighted by atomic mass is 79.9. The van der Waals surface area contributed by atoms with Crippen LogP contribution in [0.15, 0.2) is 51.5 Å². The number of hydrogen-bond acceptors (Lipinski definition) is 2. The lowest BCUT2D eigenvalue weighted by molar-refractivity contribution is 0.441. The van der Waals surface area contributed by atoms with Crippen LogP contribution in [0.4, 0.5) is 0 Å². The zero-order valence-electron chi connectivity index (χ0n) is 9.27. The van der Waals surface area contributed by atoms with Gasteiger partial charge in [0.25, 0.3) is 0 Å². The molecule has 2 aromatic carbocycles. The summed E-state index contributed by atoms with van der Waals surface area (Å²) < 4.78 is 6.47. The predicted octanol–water partition coefficient (Wildman–Crippen LogP) is 4.57. The molecule has 0 aliphatic rings. The predicted molar refractivity (Wildman–Crippen MR) is 71.9 cm³/mol. The molecule has 1 heterocycles. The molecule has 0 N–H and O–H groups in total. The van der Waals surface area contributed by atoms with Gasteiger partial charge in [-0.05, 0) is 31.2 Å². The fraction of sp³-hybridized carbons (Fsp3) is 0.0714. The molecule has 3 heteroatoms. The number of fused-ring (bicyclic) bond motifs is 1.